The number of aliphatic hydroxyl groups is 1. The van der Waals surface area contributed by atoms with Crippen LogP contribution >= 0.6 is 0 Å². The van der Waals surface area contributed by atoms with Crippen molar-refractivity contribution in [3.63, 3.8) is 0 Å². The average Bonchev–Trinajstić information content (AvgIpc) is 3.30. The van der Waals surface area contributed by atoms with E-state index in [1.54, 1.807) is 9.80 Å². The summed E-state index contributed by atoms with van der Waals surface area (Å²) in [6.07, 6.45) is -0.697. The van der Waals surface area contributed by atoms with Crippen molar-refractivity contribution in [2.45, 2.75) is 50.7 Å². The van der Waals surface area contributed by atoms with Crippen LogP contribution in [0.2, 0.25) is 0 Å². The van der Waals surface area contributed by atoms with Crippen LogP contribution in [0.15, 0.2) is 60.7 Å². The molecule has 2 fully saturated rings. The predicted octanol–water partition coefficient (Wildman–Crippen LogP) is 2.68. The predicted molar refractivity (Wildman–Crippen MR) is 127 cm³/mol. The molecule has 2 atom stereocenters. The highest BCUT2D eigenvalue weighted by atomic mass is 16.6. The van der Waals surface area contributed by atoms with Crippen LogP contribution in [-0.2, 0) is 27.5 Å². The Hall–Kier alpha value is -3.59. The second-order valence-electron chi connectivity index (χ2n) is 9.14. The Labute approximate surface area is 204 Å². The van der Waals surface area contributed by atoms with Gasteiger partial charge in [-0.05, 0) is 30.9 Å². The molecule has 0 saturated carbocycles. The van der Waals surface area contributed by atoms with Crippen molar-refractivity contribution >= 4 is 18.1 Å². The van der Waals surface area contributed by atoms with Crippen molar-refractivity contribution in [3.8, 4) is 0 Å². The summed E-state index contributed by atoms with van der Waals surface area (Å²) in [6, 6.07) is 17.5. The van der Waals surface area contributed by atoms with Gasteiger partial charge in [-0.15, -0.1) is 0 Å². The SMILES string of the molecule is CC(O)C(NC(=O)OCc1ccccc1)C(=O)N1CC2(CCCN2C(=O)OCc2ccccc2)C1. The van der Waals surface area contributed by atoms with Gasteiger partial charge in [0.05, 0.1) is 11.6 Å². The van der Waals surface area contributed by atoms with Crippen LogP contribution in [-0.4, -0.2) is 70.3 Å². The molecular formula is C26H31N3O6. The quantitative estimate of drug-likeness (QED) is 0.630. The summed E-state index contributed by atoms with van der Waals surface area (Å²) in [6.45, 7) is 2.92. The first-order valence-corrected chi connectivity index (χ1v) is 11.8. The third-order valence-electron chi connectivity index (χ3n) is 6.54. The third-order valence-corrected chi connectivity index (χ3v) is 6.54. The van der Waals surface area contributed by atoms with Gasteiger partial charge in [0.25, 0.3) is 0 Å². The lowest BCUT2D eigenvalue weighted by Gasteiger charge is -2.52. The number of aliphatic hydroxyl groups excluding tert-OH is 1. The molecule has 2 unspecified atom stereocenters. The maximum Gasteiger partial charge on any atom is 0.410 e. The monoisotopic (exact) mass is 481 g/mol. The maximum absolute atomic E-state index is 13.1. The van der Waals surface area contributed by atoms with Crippen molar-refractivity contribution in [1.29, 1.82) is 0 Å². The fraction of sp³-hybridized carbons (Fsp3) is 0.423. The Morgan fingerprint density at radius 2 is 1.54 bits per heavy atom. The first-order valence-electron chi connectivity index (χ1n) is 11.8. The van der Waals surface area contributed by atoms with Gasteiger partial charge in [0.15, 0.2) is 0 Å². The van der Waals surface area contributed by atoms with Gasteiger partial charge in [0.2, 0.25) is 5.91 Å². The Bertz CT molecular complexity index is 1020. The first kappa shape index (κ1) is 24.5. The van der Waals surface area contributed by atoms with Gasteiger partial charge in [-0.2, -0.15) is 0 Å². The molecule has 0 radical (unpaired) electrons. The zero-order valence-corrected chi connectivity index (χ0v) is 19.8. The van der Waals surface area contributed by atoms with Gasteiger partial charge >= 0.3 is 12.2 Å². The summed E-state index contributed by atoms with van der Waals surface area (Å²) in [5, 5.41) is 12.6. The molecule has 2 aliphatic heterocycles. The molecule has 2 saturated heterocycles. The van der Waals surface area contributed by atoms with E-state index >= 15 is 0 Å². The van der Waals surface area contributed by atoms with Crippen LogP contribution in [0, 0.1) is 0 Å². The number of rotatable bonds is 7. The van der Waals surface area contributed by atoms with Gasteiger partial charge < -0.3 is 24.8 Å². The summed E-state index contributed by atoms with van der Waals surface area (Å²) < 4.78 is 10.7. The number of hydrogen-bond acceptors (Lipinski definition) is 6. The molecule has 0 aromatic heterocycles. The molecule has 35 heavy (non-hydrogen) atoms. The van der Waals surface area contributed by atoms with E-state index in [1.807, 2.05) is 60.7 Å². The minimum atomic E-state index is -1.14. The third kappa shape index (κ3) is 5.74. The lowest BCUT2D eigenvalue weighted by molar-refractivity contribution is -0.148. The number of amides is 3. The molecule has 186 valence electrons. The topological polar surface area (TPSA) is 108 Å². The molecule has 9 heteroatoms. The van der Waals surface area contributed by atoms with Crippen LogP contribution in [0.1, 0.15) is 30.9 Å². The Morgan fingerprint density at radius 1 is 0.971 bits per heavy atom. The smallest absolute Gasteiger partial charge is 0.410 e. The number of nitrogens with zero attached hydrogens (tertiary/aromatic N) is 2. The first-order chi connectivity index (χ1) is 16.9. The fourth-order valence-corrected chi connectivity index (χ4v) is 4.65. The van der Waals surface area contributed by atoms with Crippen molar-refractivity contribution in [2.24, 2.45) is 0 Å². The number of nitrogens with one attached hydrogen (secondary N) is 1. The van der Waals surface area contributed by atoms with E-state index in [-0.39, 0.29) is 13.2 Å². The molecule has 1 spiro atoms. The molecule has 2 N–H and O–H groups in total. The number of ether oxygens (including phenoxy) is 2. The van der Waals surface area contributed by atoms with Crippen LogP contribution in [0.4, 0.5) is 9.59 Å². The van der Waals surface area contributed by atoms with E-state index in [4.69, 9.17) is 9.47 Å². The van der Waals surface area contributed by atoms with Crippen LogP contribution in [0.3, 0.4) is 0 Å². The van der Waals surface area contributed by atoms with Crippen LogP contribution < -0.4 is 5.32 Å². The fourth-order valence-electron chi connectivity index (χ4n) is 4.65. The van der Waals surface area contributed by atoms with Crippen LogP contribution in [0.5, 0.6) is 0 Å². The van der Waals surface area contributed by atoms with E-state index in [2.05, 4.69) is 5.32 Å². The summed E-state index contributed by atoms with van der Waals surface area (Å²) >= 11 is 0. The molecule has 3 amide bonds. The highest BCUT2D eigenvalue weighted by molar-refractivity contribution is 5.87. The van der Waals surface area contributed by atoms with Gasteiger partial charge in [-0.1, -0.05) is 60.7 Å². The average molecular weight is 482 g/mol. The molecule has 2 aliphatic rings. The van der Waals surface area contributed by atoms with Crippen molar-refractivity contribution in [2.75, 3.05) is 19.6 Å². The van der Waals surface area contributed by atoms with Gasteiger partial charge in [-0.3, -0.25) is 9.69 Å². The number of hydrogen-bond donors (Lipinski definition) is 2. The standard InChI is InChI=1S/C26H31N3O6/c1-19(30)22(27-24(32)34-15-20-9-4-2-5-10-20)23(31)28-17-26(18-28)13-8-14-29(26)25(33)35-16-21-11-6-3-7-12-21/h2-7,9-12,19,22,30H,8,13-18H2,1H3,(H,27,32). The number of benzene rings is 2. The maximum atomic E-state index is 13.1. The number of carbonyl (C=O) groups excluding carboxylic acids is 3. The molecule has 4 rings (SSSR count). The summed E-state index contributed by atoms with van der Waals surface area (Å²) in [4.78, 5) is 41.4. The minimum Gasteiger partial charge on any atom is -0.445 e. The summed E-state index contributed by atoms with van der Waals surface area (Å²) in [7, 11) is 0. The van der Waals surface area contributed by atoms with E-state index in [1.165, 1.54) is 6.92 Å². The largest absolute Gasteiger partial charge is 0.445 e. The Morgan fingerprint density at radius 3 is 2.11 bits per heavy atom. The van der Waals surface area contributed by atoms with E-state index in [0.717, 1.165) is 24.0 Å². The number of likely N-dealkylation sites (tertiary alicyclic amines) is 2. The van der Waals surface area contributed by atoms with Gasteiger partial charge in [0, 0.05) is 19.6 Å². The highest BCUT2D eigenvalue weighted by Gasteiger charge is 2.55. The lowest BCUT2D eigenvalue weighted by atomic mass is 9.86. The van der Waals surface area contributed by atoms with E-state index in [0.29, 0.717) is 19.6 Å². The zero-order valence-electron chi connectivity index (χ0n) is 19.8. The van der Waals surface area contributed by atoms with E-state index in [9.17, 15) is 19.5 Å². The second-order valence-corrected chi connectivity index (χ2v) is 9.14. The molecule has 2 aromatic carbocycles. The summed E-state index contributed by atoms with van der Waals surface area (Å²) in [5.41, 5.74) is 1.25. The molecular weight excluding hydrogens is 450 g/mol. The lowest BCUT2D eigenvalue weighted by Crippen LogP contribution is -2.72. The number of alkyl carbamates (subject to hydrolysis) is 1. The molecule has 2 aromatic rings. The Balaban J connectivity index is 1.30. The number of carbonyl (C=O) groups is 3. The molecule has 0 bridgehead atoms. The van der Waals surface area contributed by atoms with Crippen molar-refractivity contribution in [3.05, 3.63) is 71.8 Å². The van der Waals surface area contributed by atoms with Crippen LogP contribution in [0.25, 0.3) is 0 Å². The summed E-state index contributed by atoms with van der Waals surface area (Å²) in [5.74, 6) is -0.410. The zero-order chi connectivity index (χ0) is 24.8. The van der Waals surface area contributed by atoms with Gasteiger partial charge in [0.1, 0.15) is 19.3 Å². The van der Waals surface area contributed by atoms with Crippen molar-refractivity contribution < 1.29 is 29.0 Å². The van der Waals surface area contributed by atoms with Gasteiger partial charge in [-0.25, -0.2) is 9.59 Å². The second kappa shape index (κ2) is 10.8. The van der Waals surface area contributed by atoms with Crippen molar-refractivity contribution in [1.82, 2.24) is 15.1 Å². The van der Waals surface area contributed by atoms with E-state index < -0.39 is 35.8 Å². The Kier molecular flexibility index (Phi) is 7.55. The minimum absolute atomic E-state index is 0.0558. The molecule has 0 aliphatic carbocycles. The molecule has 9 nitrogen and oxygen atoms in total. The highest BCUT2D eigenvalue weighted by Crippen LogP contribution is 2.38. The molecule has 2 heterocycles. The normalized spacial score (nSPS) is 17.9.